The van der Waals surface area contributed by atoms with Gasteiger partial charge in [-0.25, -0.2) is 8.78 Å². The molecule has 1 spiro atoms. The van der Waals surface area contributed by atoms with Gasteiger partial charge in [-0.3, -0.25) is 4.79 Å². The summed E-state index contributed by atoms with van der Waals surface area (Å²) >= 11 is 0. The fourth-order valence-electron chi connectivity index (χ4n) is 6.05. The quantitative estimate of drug-likeness (QED) is 0.341. The molecule has 1 aromatic carbocycles. The van der Waals surface area contributed by atoms with E-state index in [9.17, 15) is 13.6 Å². The van der Waals surface area contributed by atoms with Gasteiger partial charge >= 0.3 is 0 Å². The van der Waals surface area contributed by atoms with E-state index < -0.39 is 17.0 Å². The molecule has 2 saturated carbocycles. The number of likely N-dealkylation sites (tertiary alicyclic amines) is 1. The van der Waals surface area contributed by atoms with Gasteiger partial charge in [0.25, 0.3) is 0 Å². The molecule has 4 nitrogen and oxygen atoms in total. The van der Waals surface area contributed by atoms with Crippen molar-refractivity contribution >= 4 is 11.6 Å². The van der Waals surface area contributed by atoms with Gasteiger partial charge < -0.3 is 4.90 Å². The number of carbonyl (C=O) groups is 1. The molecule has 1 heterocycles. The second-order valence-corrected chi connectivity index (χ2v) is 10.8. The zero-order valence-electron chi connectivity index (χ0n) is 19.8. The maximum atomic E-state index is 14.5. The monoisotopic (exact) mass is 453 g/mol. The first-order chi connectivity index (χ1) is 15.5. The number of amides is 1. The second kappa shape index (κ2) is 8.30. The van der Waals surface area contributed by atoms with E-state index in [1.54, 1.807) is 6.08 Å². The third-order valence-corrected chi connectivity index (χ3v) is 8.69. The van der Waals surface area contributed by atoms with Gasteiger partial charge in [0.1, 0.15) is 11.6 Å². The summed E-state index contributed by atoms with van der Waals surface area (Å²) in [5.41, 5.74) is -0.0159. The van der Waals surface area contributed by atoms with Crippen LogP contribution in [0.15, 0.2) is 59.4 Å². The van der Waals surface area contributed by atoms with Gasteiger partial charge in [0, 0.05) is 24.7 Å². The molecule has 2 atom stereocenters. The first-order valence-electron chi connectivity index (χ1n) is 11.7. The molecule has 1 unspecified atom stereocenters. The average molecular weight is 454 g/mol. The van der Waals surface area contributed by atoms with Crippen molar-refractivity contribution in [2.24, 2.45) is 32.4 Å². The summed E-state index contributed by atoms with van der Waals surface area (Å²) in [4.78, 5) is 15.6. The number of azo groups is 1. The standard InChI is InChI=1S/C27H33F2N3O/c1-6-30-31-22(23-20(28)9-7-10-21(23)29)15-18(2)19-11-14-26(5,25(19,3)4)24(33)32-16-27(17-32)12-8-13-27/h6-7,9-10,15,19H,1-2,8,11-14,16-17H2,3-5H3/b22-15-,31-30?/t19?,26-/m1/s1. The lowest BCUT2D eigenvalue weighted by Crippen LogP contribution is -2.64. The molecule has 33 heavy (non-hydrogen) atoms. The van der Waals surface area contributed by atoms with Crippen LogP contribution in [0.2, 0.25) is 0 Å². The van der Waals surface area contributed by atoms with Gasteiger partial charge in [0.15, 0.2) is 0 Å². The number of nitrogens with zero attached hydrogens (tertiary/aromatic N) is 3. The zero-order valence-corrected chi connectivity index (χ0v) is 19.8. The van der Waals surface area contributed by atoms with Crippen molar-refractivity contribution in [3.8, 4) is 0 Å². The van der Waals surface area contributed by atoms with Gasteiger partial charge in [-0.1, -0.05) is 46.4 Å². The molecular weight excluding hydrogens is 420 g/mol. The van der Waals surface area contributed by atoms with E-state index in [4.69, 9.17) is 0 Å². The smallest absolute Gasteiger partial charge is 0.229 e. The minimum atomic E-state index is -0.717. The van der Waals surface area contributed by atoms with Crippen molar-refractivity contribution < 1.29 is 13.6 Å². The van der Waals surface area contributed by atoms with E-state index in [0.29, 0.717) is 11.0 Å². The van der Waals surface area contributed by atoms with Gasteiger partial charge in [-0.2, -0.15) is 10.2 Å². The van der Waals surface area contributed by atoms with Crippen molar-refractivity contribution in [1.82, 2.24) is 4.90 Å². The fraction of sp³-hybridized carbons (Fsp3) is 0.519. The lowest BCUT2D eigenvalue weighted by Gasteiger charge is -2.58. The molecule has 0 N–H and O–H groups in total. The van der Waals surface area contributed by atoms with Gasteiger partial charge in [0.05, 0.1) is 16.7 Å². The van der Waals surface area contributed by atoms with Crippen LogP contribution in [0.5, 0.6) is 0 Å². The van der Waals surface area contributed by atoms with Crippen molar-refractivity contribution in [1.29, 1.82) is 0 Å². The molecule has 1 aromatic rings. The Labute approximate surface area is 195 Å². The summed E-state index contributed by atoms with van der Waals surface area (Å²) < 4.78 is 29.0. The van der Waals surface area contributed by atoms with E-state index in [-0.39, 0.29) is 28.5 Å². The number of allylic oxidation sites excluding steroid dienone is 2. The summed E-state index contributed by atoms with van der Waals surface area (Å²) in [5.74, 6) is -1.25. The summed E-state index contributed by atoms with van der Waals surface area (Å²) in [6.45, 7) is 15.8. The molecule has 176 valence electrons. The molecule has 4 rings (SSSR count). The fourth-order valence-corrected chi connectivity index (χ4v) is 6.05. The van der Waals surface area contributed by atoms with Crippen LogP contribution in [-0.4, -0.2) is 23.9 Å². The largest absolute Gasteiger partial charge is 0.341 e. The average Bonchev–Trinajstić information content (AvgIpc) is 2.93. The molecule has 3 aliphatic rings. The van der Waals surface area contributed by atoms with E-state index >= 15 is 0 Å². The normalized spacial score (nSPS) is 28.0. The summed E-state index contributed by atoms with van der Waals surface area (Å²) in [6, 6.07) is 3.69. The SMILES string of the molecule is C=CN=N/C(=C\C(=C)C1CC[C@](C)(C(=O)N2CC3(CCC3)C2)C1(C)C)c1c(F)cccc1F. The molecule has 3 fully saturated rings. The van der Waals surface area contributed by atoms with Crippen LogP contribution in [0.3, 0.4) is 0 Å². The zero-order chi connectivity index (χ0) is 24.0. The number of hydrogen-bond donors (Lipinski definition) is 0. The van der Waals surface area contributed by atoms with E-state index in [1.165, 1.54) is 43.7 Å². The molecule has 1 amide bonds. The van der Waals surface area contributed by atoms with E-state index in [2.05, 4.69) is 44.2 Å². The summed E-state index contributed by atoms with van der Waals surface area (Å²) in [5, 5.41) is 7.76. The Morgan fingerprint density at radius 2 is 1.79 bits per heavy atom. The highest BCUT2D eigenvalue weighted by Crippen LogP contribution is 2.60. The maximum Gasteiger partial charge on any atom is 0.229 e. The van der Waals surface area contributed by atoms with Gasteiger partial charge in [0.2, 0.25) is 5.91 Å². The van der Waals surface area contributed by atoms with E-state index in [0.717, 1.165) is 25.9 Å². The van der Waals surface area contributed by atoms with Crippen LogP contribution in [0.4, 0.5) is 8.78 Å². The lowest BCUT2D eigenvalue weighted by atomic mass is 9.60. The van der Waals surface area contributed by atoms with Gasteiger partial charge in [-0.05, 0) is 60.8 Å². The highest BCUT2D eigenvalue weighted by Gasteiger charge is 2.60. The molecule has 0 bridgehead atoms. The third-order valence-electron chi connectivity index (χ3n) is 8.69. The summed E-state index contributed by atoms with van der Waals surface area (Å²) in [6.07, 6.45) is 8.07. The Kier molecular flexibility index (Phi) is 5.92. The van der Waals surface area contributed by atoms with Crippen LogP contribution < -0.4 is 0 Å². The van der Waals surface area contributed by atoms with Crippen LogP contribution in [-0.2, 0) is 4.79 Å². The maximum absolute atomic E-state index is 14.5. The minimum Gasteiger partial charge on any atom is -0.341 e. The number of benzene rings is 1. The van der Waals surface area contributed by atoms with Crippen molar-refractivity contribution in [2.45, 2.75) is 52.9 Å². The van der Waals surface area contributed by atoms with Gasteiger partial charge in [-0.15, -0.1) is 0 Å². The van der Waals surface area contributed by atoms with Crippen LogP contribution in [0.25, 0.3) is 5.70 Å². The first kappa shape index (κ1) is 23.5. The number of halogens is 2. The summed E-state index contributed by atoms with van der Waals surface area (Å²) in [7, 11) is 0. The molecular formula is C27H33F2N3O. The lowest BCUT2D eigenvalue weighted by molar-refractivity contribution is -0.165. The third kappa shape index (κ3) is 3.77. The Hall–Kier alpha value is -2.63. The van der Waals surface area contributed by atoms with Crippen LogP contribution in [0.1, 0.15) is 58.4 Å². The minimum absolute atomic E-state index is 0.0332. The number of carbonyl (C=O) groups excluding carboxylic acids is 1. The Balaban J connectivity index is 1.59. The topological polar surface area (TPSA) is 45.0 Å². The molecule has 1 aliphatic heterocycles. The second-order valence-electron chi connectivity index (χ2n) is 10.8. The molecule has 1 saturated heterocycles. The van der Waals surface area contributed by atoms with Crippen LogP contribution in [0, 0.1) is 33.8 Å². The number of hydrogen-bond acceptors (Lipinski definition) is 3. The van der Waals surface area contributed by atoms with Crippen molar-refractivity contribution in [3.05, 3.63) is 66.4 Å². The van der Waals surface area contributed by atoms with Crippen molar-refractivity contribution in [2.75, 3.05) is 13.1 Å². The predicted molar refractivity (Wildman–Crippen MR) is 126 cm³/mol. The van der Waals surface area contributed by atoms with E-state index in [1.807, 2.05) is 4.90 Å². The van der Waals surface area contributed by atoms with Crippen molar-refractivity contribution in [3.63, 3.8) is 0 Å². The number of rotatable bonds is 6. The molecule has 0 aromatic heterocycles. The Bertz CT molecular complexity index is 1030. The highest BCUT2D eigenvalue weighted by atomic mass is 19.1. The Morgan fingerprint density at radius 3 is 2.33 bits per heavy atom. The first-order valence-corrected chi connectivity index (χ1v) is 11.7. The predicted octanol–water partition coefficient (Wildman–Crippen LogP) is 6.91. The molecule has 6 heteroatoms. The Morgan fingerprint density at radius 1 is 1.15 bits per heavy atom. The van der Waals surface area contributed by atoms with Crippen LogP contribution >= 0.6 is 0 Å². The molecule has 2 aliphatic carbocycles. The molecule has 0 radical (unpaired) electrons. The highest BCUT2D eigenvalue weighted by molar-refractivity contribution is 5.85.